The second-order valence-electron chi connectivity index (χ2n) is 5.22. The summed E-state index contributed by atoms with van der Waals surface area (Å²) in [6, 6.07) is 0.361. The van der Waals surface area contributed by atoms with E-state index in [0.717, 1.165) is 25.7 Å². The fourth-order valence-electron chi connectivity index (χ4n) is 1.94. The predicted molar refractivity (Wildman–Crippen MR) is 64.2 cm³/mol. The van der Waals surface area contributed by atoms with E-state index in [-0.39, 0.29) is 5.91 Å². The summed E-state index contributed by atoms with van der Waals surface area (Å²) in [5, 5.41) is 12.9. The number of nitrogens with zero attached hydrogens (tertiary/aromatic N) is 1. The van der Waals surface area contributed by atoms with Crippen LogP contribution < -0.4 is 5.32 Å². The Hall–Kier alpha value is -0.610. The number of rotatable bonds is 5. The van der Waals surface area contributed by atoms with Gasteiger partial charge in [-0.25, -0.2) is 0 Å². The first-order valence-corrected chi connectivity index (χ1v) is 6.12. The van der Waals surface area contributed by atoms with Gasteiger partial charge in [0.15, 0.2) is 0 Å². The number of hydrogen-bond donors (Lipinski definition) is 2. The molecular weight excluding hydrogens is 204 g/mol. The lowest BCUT2D eigenvalue weighted by Crippen LogP contribution is -2.45. The summed E-state index contributed by atoms with van der Waals surface area (Å²) < 4.78 is 0. The summed E-state index contributed by atoms with van der Waals surface area (Å²) in [5.74, 6) is -0.00322. The molecule has 1 aliphatic rings. The average Bonchev–Trinajstić information content (AvgIpc) is 2.63. The van der Waals surface area contributed by atoms with Crippen LogP contribution in [0, 0.1) is 0 Å². The maximum atomic E-state index is 11.6. The number of carbonyl (C=O) groups excluding carboxylic acids is 1. The number of nitrogens with one attached hydrogen (secondary N) is 1. The van der Waals surface area contributed by atoms with Crippen molar-refractivity contribution in [2.24, 2.45) is 0 Å². The number of likely N-dealkylation sites (N-methyl/N-ethyl adjacent to an activating group) is 1. The molecule has 0 saturated heterocycles. The summed E-state index contributed by atoms with van der Waals surface area (Å²) in [7, 11) is 1.93. The van der Waals surface area contributed by atoms with Crippen LogP contribution >= 0.6 is 0 Å². The molecule has 0 radical (unpaired) electrons. The largest absolute Gasteiger partial charge is 0.388 e. The number of carbonyl (C=O) groups is 1. The molecule has 0 spiro atoms. The molecule has 0 aromatic carbocycles. The Balaban J connectivity index is 2.24. The Labute approximate surface area is 98.0 Å². The molecule has 2 N–H and O–H groups in total. The van der Waals surface area contributed by atoms with Gasteiger partial charge in [-0.3, -0.25) is 9.69 Å². The Morgan fingerprint density at radius 3 is 2.50 bits per heavy atom. The van der Waals surface area contributed by atoms with Gasteiger partial charge in [-0.05, 0) is 33.7 Å². The van der Waals surface area contributed by atoms with Gasteiger partial charge >= 0.3 is 0 Å². The third-order valence-electron chi connectivity index (χ3n) is 3.42. The monoisotopic (exact) mass is 228 g/mol. The summed E-state index contributed by atoms with van der Waals surface area (Å²) in [6.07, 6.45) is 3.76. The fourth-order valence-corrected chi connectivity index (χ4v) is 1.94. The van der Waals surface area contributed by atoms with E-state index in [1.165, 1.54) is 0 Å². The van der Waals surface area contributed by atoms with Crippen LogP contribution in [-0.4, -0.2) is 47.7 Å². The van der Waals surface area contributed by atoms with Crippen LogP contribution in [0.15, 0.2) is 0 Å². The molecule has 1 amide bonds. The Morgan fingerprint density at radius 2 is 2.00 bits per heavy atom. The van der Waals surface area contributed by atoms with Crippen molar-refractivity contribution in [3.63, 3.8) is 0 Å². The lowest BCUT2D eigenvalue weighted by atomic mass is 10.0. The topological polar surface area (TPSA) is 52.6 Å². The first-order valence-electron chi connectivity index (χ1n) is 6.12. The van der Waals surface area contributed by atoms with Gasteiger partial charge in [0.25, 0.3) is 0 Å². The van der Waals surface area contributed by atoms with Crippen LogP contribution in [0.2, 0.25) is 0 Å². The highest BCUT2D eigenvalue weighted by Crippen LogP contribution is 2.28. The molecule has 0 atom stereocenters. The third-order valence-corrected chi connectivity index (χ3v) is 3.42. The van der Waals surface area contributed by atoms with Gasteiger partial charge < -0.3 is 10.4 Å². The van der Waals surface area contributed by atoms with Gasteiger partial charge in [-0.2, -0.15) is 0 Å². The molecule has 1 rings (SSSR count). The molecule has 1 fully saturated rings. The van der Waals surface area contributed by atoms with Crippen LogP contribution in [0.4, 0.5) is 0 Å². The molecular formula is C12H24N2O2. The summed E-state index contributed by atoms with van der Waals surface area (Å²) in [4.78, 5) is 13.6. The number of amides is 1. The van der Waals surface area contributed by atoms with Crippen LogP contribution in [0.25, 0.3) is 0 Å². The van der Waals surface area contributed by atoms with Gasteiger partial charge in [-0.1, -0.05) is 12.8 Å². The van der Waals surface area contributed by atoms with Crippen molar-refractivity contribution in [3.8, 4) is 0 Å². The highest BCUT2D eigenvalue weighted by molar-refractivity contribution is 5.78. The molecule has 0 aromatic rings. The SMILES string of the molecule is CC(C)N(C)CC(=O)NCC1(O)CCCC1. The molecule has 1 saturated carbocycles. The quantitative estimate of drug-likeness (QED) is 0.730. The van der Waals surface area contributed by atoms with Gasteiger partial charge in [-0.15, -0.1) is 0 Å². The van der Waals surface area contributed by atoms with Crippen molar-refractivity contribution in [3.05, 3.63) is 0 Å². The maximum absolute atomic E-state index is 11.6. The molecule has 4 nitrogen and oxygen atoms in total. The van der Waals surface area contributed by atoms with Crippen LogP contribution in [0.5, 0.6) is 0 Å². The third kappa shape index (κ3) is 4.10. The molecule has 0 unspecified atom stereocenters. The minimum Gasteiger partial charge on any atom is -0.388 e. The average molecular weight is 228 g/mol. The molecule has 0 bridgehead atoms. The summed E-state index contributed by atoms with van der Waals surface area (Å²) in [6.45, 7) is 4.90. The molecule has 94 valence electrons. The lowest BCUT2D eigenvalue weighted by molar-refractivity contribution is -0.123. The molecule has 4 heteroatoms. The van der Waals surface area contributed by atoms with E-state index in [1.54, 1.807) is 0 Å². The Kier molecular flexibility index (Phi) is 4.74. The van der Waals surface area contributed by atoms with Gasteiger partial charge in [0.05, 0.1) is 12.1 Å². The van der Waals surface area contributed by atoms with E-state index < -0.39 is 5.60 Å². The summed E-state index contributed by atoms with van der Waals surface area (Å²) >= 11 is 0. The van der Waals surface area contributed by atoms with Gasteiger partial charge in [0.2, 0.25) is 5.91 Å². The zero-order valence-corrected chi connectivity index (χ0v) is 10.6. The molecule has 1 aliphatic carbocycles. The van der Waals surface area contributed by atoms with Crippen molar-refractivity contribution >= 4 is 5.91 Å². The first-order chi connectivity index (χ1) is 7.43. The first kappa shape index (κ1) is 13.5. The van der Waals surface area contributed by atoms with Crippen molar-refractivity contribution in [1.82, 2.24) is 10.2 Å². The molecule has 0 aliphatic heterocycles. The smallest absolute Gasteiger partial charge is 0.234 e. The summed E-state index contributed by atoms with van der Waals surface area (Å²) in [5.41, 5.74) is -0.647. The van der Waals surface area contributed by atoms with Crippen LogP contribution in [-0.2, 0) is 4.79 Å². The van der Waals surface area contributed by atoms with Gasteiger partial charge in [0, 0.05) is 12.6 Å². The van der Waals surface area contributed by atoms with E-state index in [9.17, 15) is 9.90 Å². The highest BCUT2D eigenvalue weighted by atomic mass is 16.3. The van der Waals surface area contributed by atoms with E-state index in [4.69, 9.17) is 0 Å². The normalized spacial score (nSPS) is 19.4. The number of aliphatic hydroxyl groups is 1. The van der Waals surface area contributed by atoms with Crippen LogP contribution in [0.1, 0.15) is 39.5 Å². The minimum absolute atomic E-state index is 0.00322. The molecule has 0 heterocycles. The Bertz CT molecular complexity index is 235. The van der Waals surface area contributed by atoms with Crippen molar-refractivity contribution < 1.29 is 9.90 Å². The standard InChI is InChI=1S/C12H24N2O2/c1-10(2)14(3)8-11(15)13-9-12(16)6-4-5-7-12/h10,16H,4-9H2,1-3H3,(H,13,15). The van der Waals surface area contributed by atoms with Crippen molar-refractivity contribution in [2.75, 3.05) is 20.1 Å². The van der Waals surface area contributed by atoms with Crippen molar-refractivity contribution in [1.29, 1.82) is 0 Å². The fraction of sp³-hybridized carbons (Fsp3) is 0.917. The van der Waals surface area contributed by atoms with Crippen LogP contribution in [0.3, 0.4) is 0 Å². The zero-order chi connectivity index (χ0) is 12.2. The lowest BCUT2D eigenvalue weighted by Gasteiger charge is -2.24. The zero-order valence-electron chi connectivity index (χ0n) is 10.6. The van der Waals surface area contributed by atoms with Gasteiger partial charge in [0.1, 0.15) is 0 Å². The minimum atomic E-state index is -0.647. The van der Waals surface area contributed by atoms with E-state index >= 15 is 0 Å². The van der Waals surface area contributed by atoms with E-state index in [0.29, 0.717) is 19.1 Å². The maximum Gasteiger partial charge on any atom is 0.234 e. The van der Waals surface area contributed by atoms with Crippen molar-refractivity contribution in [2.45, 2.75) is 51.2 Å². The highest BCUT2D eigenvalue weighted by Gasteiger charge is 2.31. The molecule has 0 aromatic heterocycles. The van der Waals surface area contributed by atoms with E-state index in [1.807, 2.05) is 11.9 Å². The Morgan fingerprint density at radius 1 is 1.44 bits per heavy atom. The van der Waals surface area contributed by atoms with E-state index in [2.05, 4.69) is 19.2 Å². The number of hydrogen-bond acceptors (Lipinski definition) is 3. The predicted octanol–water partition coefficient (Wildman–Crippen LogP) is 0.748. The second-order valence-corrected chi connectivity index (χ2v) is 5.22. The molecule has 16 heavy (non-hydrogen) atoms. The second kappa shape index (κ2) is 5.64.